The summed E-state index contributed by atoms with van der Waals surface area (Å²) < 4.78 is 1.13. The predicted octanol–water partition coefficient (Wildman–Crippen LogP) is 2.84. The van der Waals surface area contributed by atoms with E-state index in [-0.39, 0.29) is 0 Å². The zero-order valence-electron chi connectivity index (χ0n) is 6.73. The van der Waals surface area contributed by atoms with Gasteiger partial charge in [-0.3, -0.25) is 4.79 Å². The minimum absolute atomic E-state index is 0.833. The summed E-state index contributed by atoms with van der Waals surface area (Å²) in [4.78, 5) is 9.00. The molecule has 0 aliphatic carbocycles. The van der Waals surface area contributed by atoms with Crippen molar-refractivity contribution in [2.45, 2.75) is 31.1 Å². The van der Waals surface area contributed by atoms with Crippen LogP contribution in [0.1, 0.15) is 26.7 Å². The van der Waals surface area contributed by atoms with Gasteiger partial charge in [-0.05, 0) is 0 Å². The Hall–Kier alpha value is 0.849. The number of carboxylic acid groups (broad SMARTS) is 1. The maximum atomic E-state index is 9.00. The molecule has 0 fully saturated rings. The van der Waals surface area contributed by atoms with Crippen molar-refractivity contribution < 1.29 is 9.90 Å². The van der Waals surface area contributed by atoms with Crippen molar-refractivity contribution in [1.29, 1.82) is 0 Å². The van der Waals surface area contributed by atoms with Crippen LogP contribution >= 0.6 is 17.8 Å². The Morgan fingerprint density at radius 1 is 1.55 bits per heavy atom. The third-order valence-corrected chi connectivity index (χ3v) is 5.34. The summed E-state index contributed by atoms with van der Waals surface area (Å²) in [6.07, 6.45) is 2.45. The summed E-state index contributed by atoms with van der Waals surface area (Å²) in [7, 11) is 11.2. The van der Waals surface area contributed by atoms with Crippen molar-refractivity contribution in [3.05, 3.63) is 0 Å². The number of hydrogen-bond acceptors (Lipinski definition) is 1. The number of rotatable bonds is 3. The summed E-state index contributed by atoms with van der Waals surface area (Å²) in [5, 5.41) is 7.42. The second-order valence-corrected chi connectivity index (χ2v) is 12.7. The fraction of sp³-hybridized carbons (Fsp3) is 0.833. The number of halogens is 2. The van der Waals surface area contributed by atoms with Crippen LogP contribution in [0.25, 0.3) is 0 Å². The molecule has 0 bridgehead atoms. The van der Waals surface area contributed by atoms with Crippen molar-refractivity contribution in [3.8, 4) is 0 Å². The number of carbonyl (C=O) groups is 1. The van der Waals surface area contributed by atoms with Crippen LogP contribution in [0.4, 0.5) is 0 Å². The molecule has 0 aliphatic heterocycles. The molecule has 5 heteroatoms. The molecular formula is C6H13Cl2O2Sn. The first-order valence-corrected chi connectivity index (χ1v) is 12.6. The summed E-state index contributed by atoms with van der Waals surface area (Å²) in [6, 6.07) is 0. The molecule has 0 aromatic rings. The van der Waals surface area contributed by atoms with Crippen molar-refractivity contribution in [2.24, 2.45) is 0 Å². The number of hydrogen-bond donors (Lipinski definition) is 1. The standard InChI is InChI=1S/C4H9.C2H4O2.2ClH.Sn/c1-3-4-2;1-2(3)4;;;/h1,3-4H2,2H3;1H3,(H,3,4);2*1H;/q;;;;+2/p-2. The van der Waals surface area contributed by atoms with E-state index < -0.39 is 23.5 Å². The Balaban J connectivity index is 0. The van der Waals surface area contributed by atoms with E-state index in [9.17, 15) is 0 Å². The summed E-state index contributed by atoms with van der Waals surface area (Å²) in [5.41, 5.74) is 0. The van der Waals surface area contributed by atoms with Crippen LogP contribution in [0.5, 0.6) is 0 Å². The van der Waals surface area contributed by atoms with Crippen LogP contribution in [0.15, 0.2) is 0 Å². The normalized spacial score (nSPS) is 8.82. The van der Waals surface area contributed by atoms with Crippen molar-refractivity contribution >= 4 is 41.3 Å². The molecule has 2 nitrogen and oxygen atoms in total. The Morgan fingerprint density at radius 3 is 2.00 bits per heavy atom. The third kappa shape index (κ3) is 36.1. The molecule has 0 saturated carbocycles. The molecule has 67 valence electrons. The van der Waals surface area contributed by atoms with Crippen LogP contribution < -0.4 is 0 Å². The van der Waals surface area contributed by atoms with E-state index in [4.69, 9.17) is 27.7 Å². The van der Waals surface area contributed by atoms with Gasteiger partial charge in [0.2, 0.25) is 0 Å². The van der Waals surface area contributed by atoms with Gasteiger partial charge in [0.1, 0.15) is 0 Å². The molecule has 11 heavy (non-hydrogen) atoms. The fourth-order valence-corrected chi connectivity index (χ4v) is 3.88. The van der Waals surface area contributed by atoms with Gasteiger partial charge < -0.3 is 5.11 Å². The predicted molar refractivity (Wildman–Crippen MR) is 50.5 cm³/mol. The average molecular weight is 307 g/mol. The van der Waals surface area contributed by atoms with Gasteiger partial charge in [-0.1, -0.05) is 0 Å². The van der Waals surface area contributed by atoms with Gasteiger partial charge in [0.15, 0.2) is 0 Å². The van der Waals surface area contributed by atoms with Crippen LogP contribution in [-0.2, 0) is 4.79 Å². The Morgan fingerprint density at radius 2 is 1.91 bits per heavy atom. The van der Waals surface area contributed by atoms with E-state index >= 15 is 0 Å². The summed E-state index contributed by atoms with van der Waals surface area (Å²) in [6.45, 7) is 3.24. The van der Waals surface area contributed by atoms with Gasteiger partial charge in [0.25, 0.3) is 5.97 Å². The molecule has 1 radical (unpaired) electrons. The number of carboxylic acids is 1. The molecule has 0 unspecified atom stereocenters. The monoisotopic (exact) mass is 307 g/mol. The molecule has 0 atom stereocenters. The molecule has 1 N–H and O–H groups in total. The van der Waals surface area contributed by atoms with Gasteiger partial charge in [0, 0.05) is 6.92 Å². The second-order valence-electron chi connectivity index (χ2n) is 1.96. The van der Waals surface area contributed by atoms with E-state index in [2.05, 4.69) is 6.92 Å². The topological polar surface area (TPSA) is 37.3 Å². The van der Waals surface area contributed by atoms with Crippen molar-refractivity contribution in [2.75, 3.05) is 0 Å². The zero-order chi connectivity index (χ0) is 9.28. The molecular weight excluding hydrogens is 294 g/mol. The molecule has 0 aromatic heterocycles. The first-order chi connectivity index (χ1) is 5.00. The molecule has 0 aromatic carbocycles. The van der Waals surface area contributed by atoms with Gasteiger partial charge in [-0.15, -0.1) is 0 Å². The maximum absolute atomic E-state index is 9.00. The molecule has 0 amide bonds. The van der Waals surface area contributed by atoms with Gasteiger partial charge in [0.05, 0.1) is 0 Å². The quantitative estimate of drug-likeness (QED) is 0.814. The van der Waals surface area contributed by atoms with Crippen LogP contribution in [0, 0.1) is 0 Å². The molecule has 0 heterocycles. The molecule has 0 rings (SSSR count). The average Bonchev–Trinajstić information content (AvgIpc) is 1.82. The number of unbranched alkanes of at least 4 members (excludes halogenated alkanes) is 1. The molecule has 0 aliphatic rings. The number of aliphatic carboxylic acids is 1. The van der Waals surface area contributed by atoms with Gasteiger partial charge in [-0.25, -0.2) is 0 Å². The first-order valence-electron chi connectivity index (χ1n) is 3.37. The van der Waals surface area contributed by atoms with Gasteiger partial charge in [-0.2, -0.15) is 0 Å². The van der Waals surface area contributed by atoms with Gasteiger partial charge >= 0.3 is 59.6 Å². The van der Waals surface area contributed by atoms with E-state index in [1.54, 1.807) is 0 Å². The van der Waals surface area contributed by atoms with Crippen molar-refractivity contribution in [3.63, 3.8) is 0 Å². The Kier molecular flexibility index (Phi) is 14.2. The van der Waals surface area contributed by atoms with Crippen molar-refractivity contribution in [1.82, 2.24) is 0 Å². The molecule has 0 spiro atoms. The van der Waals surface area contributed by atoms with E-state index in [1.165, 1.54) is 12.8 Å². The Labute approximate surface area is 82.1 Å². The minimum atomic E-state index is -1.70. The zero-order valence-corrected chi connectivity index (χ0v) is 11.1. The van der Waals surface area contributed by atoms with E-state index in [0.717, 1.165) is 11.4 Å². The van der Waals surface area contributed by atoms with Crippen LogP contribution in [-0.4, -0.2) is 28.6 Å². The molecule has 0 saturated heterocycles. The van der Waals surface area contributed by atoms with E-state index in [1.807, 2.05) is 0 Å². The summed E-state index contributed by atoms with van der Waals surface area (Å²) in [5.74, 6) is -0.833. The SMILES string of the molecule is CC(=O)O.CCC[CH2][Sn]([Cl])[Cl]. The second kappa shape index (κ2) is 10.8. The first kappa shape index (κ1) is 14.4. The van der Waals surface area contributed by atoms with E-state index in [0.29, 0.717) is 0 Å². The summed E-state index contributed by atoms with van der Waals surface area (Å²) >= 11 is -1.70. The third-order valence-electron chi connectivity index (χ3n) is 0.719. The van der Waals surface area contributed by atoms with Crippen LogP contribution in [0.3, 0.4) is 0 Å². The van der Waals surface area contributed by atoms with Crippen LogP contribution in [0.2, 0.25) is 4.44 Å². The Bertz CT molecular complexity index is 94.6. The fourth-order valence-electron chi connectivity index (χ4n) is 0.310.